The molecule has 0 bridgehead atoms. The largest absolute Gasteiger partial charge is 1.00 e. The summed E-state index contributed by atoms with van der Waals surface area (Å²) in [6.07, 6.45) is 1.64. The van der Waals surface area contributed by atoms with E-state index in [2.05, 4.69) is 0 Å². The molecule has 0 saturated carbocycles. The molecule has 5 heteroatoms. The van der Waals surface area contributed by atoms with E-state index >= 15 is 0 Å². The summed E-state index contributed by atoms with van der Waals surface area (Å²) >= 11 is 5.72. The number of carboxylic acids is 1. The zero-order valence-electron chi connectivity index (χ0n) is 10.3. The third kappa shape index (κ3) is 8.06. The van der Waals surface area contributed by atoms with E-state index < -0.39 is 11.6 Å². The number of rotatable bonds is 6. The van der Waals surface area contributed by atoms with Crippen molar-refractivity contribution in [1.29, 1.82) is 0 Å². The molecule has 0 amide bonds. The first kappa shape index (κ1) is 17.1. The third-order valence-corrected chi connectivity index (χ3v) is 1.94. The van der Waals surface area contributed by atoms with Crippen molar-refractivity contribution in [2.45, 2.75) is 44.6 Å². The molecule has 3 nitrogen and oxygen atoms in total. The molecule has 0 aliphatic carbocycles. The molecule has 14 heavy (non-hydrogen) atoms. The van der Waals surface area contributed by atoms with Gasteiger partial charge >= 0.3 is 35.5 Å². The zero-order valence-corrected chi connectivity index (χ0v) is 12.1. The van der Waals surface area contributed by atoms with Crippen molar-refractivity contribution in [1.82, 2.24) is 0 Å². The van der Waals surface area contributed by atoms with Gasteiger partial charge in [-0.25, -0.2) is 4.79 Å². The summed E-state index contributed by atoms with van der Waals surface area (Å²) in [7, 11) is 0. The van der Waals surface area contributed by atoms with Crippen LogP contribution in [0.3, 0.4) is 0 Å². The fourth-order valence-corrected chi connectivity index (χ4v) is 0.908. The average molecular weight is 233 g/mol. The minimum Gasteiger partial charge on any atom is -1.00 e. The van der Waals surface area contributed by atoms with E-state index in [1.807, 2.05) is 6.92 Å². The predicted molar refractivity (Wildman–Crippen MR) is 53.3 cm³/mol. The van der Waals surface area contributed by atoms with Crippen LogP contribution in [-0.4, -0.2) is 28.7 Å². The number of aliphatic carboxylic acids is 1. The van der Waals surface area contributed by atoms with Gasteiger partial charge in [-0.1, -0.05) is 0 Å². The fraction of sp³-hybridized carbons (Fsp3) is 0.889. The van der Waals surface area contributed by atoms with Gasteiger partial charge in [0.15, 0.2) is 5.60 Å². The Morgan fingerprint density at radius 1 is 1.64 bits per heavy atom. The molecule has 1 atom stereocenters. The second kappa shape index (κ2) is 7.94. The average Bonchev–Trinajstić information content (AvgIpc) is 1.97. The molecule has 0 radical (unpaired) electrons. The summed E-state index contributed by atoms with van der Waals surface area (Å²) in [6, 6.07) is 0. The SMILES string of the molecule is CC(Cl)CCCOC(C)(C)C(=O)O.[H-].[Na+]. The molecule has 0 saturated heterocycles. The van der Waals surface area contributed by atoms with Crippen molar-refractivity contribution in [2.24, 2.45) is 0 Å². The molecule has 0 spiro atoms. The van der Waals surface area contributed by atoms with E-state index in [4.69, 9.17) is 21.4 Å². The Bertz CT molecular complexity index is 177. The summed E-state index contributed by atoms with van der Waals surface area (Å²) in [4.78, 5) is 10.6. The van der Waals surface area contributed by atoms with Gasteiger partial charge in [-0.15, -0.1) is 11.6 Å². The van der Waals surface area contributed by atoms with Crippen LogP contribution in [0.4, 0.5) is 0 Å². The summed E-state index contributed by atoms with van der Waals surface area (Å²) in [6.45, 7) is 5.43. The summed E-state index contributed by atoms with van der Waals surface area (Å²) in [5.41, 5.74) is -1.09. The van der Waals surface area contributed by atoms with Crippen molar-refractivity contribution in [3.05, 3.63) is 0 Å². The fourth-order valence-electron chi connectivity index (χ4n) is 0.754. The van der Waals surface area contributed by atoms with E-state index in [1.165, 1.54) is 0 Å². The first-order valence-electron chi connectivity index (χ1n) is 4.37. The van der Waals surface area contributed by atoms with Crippen LogP contribution in [0.15, 0.2) is 0 Å². The van der Waals surface area contributed by atoms with Gasteiger partial charge in [0.2, 0.25) is 0 Å². The zero-order chi connectivity index (χ0) is 10.5. The second-order valence-electron chi connectivity index (χ2n) is 3.59. The monoisotopic (exact) mass is 232 g/mol. The Labute approximate surface area is 114 Å². The standard InChI is InChI=1S/C9H17ClO3.Na.H/c1-7(10)5-4-6-13-9(2,3)8(11)12;;/h7H,4-6H2,1-3H3,(H,11,12);;/q;+1;-1. The maximum absolute atomic E-state index is 10.6. The number of carbonyl (C=O) groups is 1. The van der Waals surface area contributed by atoms with Crippen molar-refractivity contribution in [3.8, 4) is 0 Å². The van der Waals surface area contributed by atoms with Crippen molar-refractivity contribution in [3.63, 3.8) is 0 Å². The molecule has 0 aliphatic heterocycles. The van der Waals surface area contributed by atoms with E-state index in [1.54, 1.807) is 13.8 Å². The third-order valence-electron chi connectivity index (χ3n) is 1.72. The van der Waals surface area contributed by atoms with Gasteiger partial charge < -0.3 is 11.3 Å². The summed E-state index contributed by atoms with van der Waals surface area (Å²) in [5, 5.41) is 8.82. The van der Waals surface area contributed by atoms with Gasteiger partial charge in [0.1, 0.15) is 0 Å². The predicted octanol–water partition coefficient (Wildman–Crippen LogP) is -0.610. The molecular formula is C9H18ClNaO3. The number of hydrogen-bond donors (Lipinski definition) is 1. The van der Waals surface area contributed by atoms with E-state index in [0.717, 1.165) is 12.8 Å². The maximum atomic E-state index is 10.6. The topological polar surface area (TPSA) is 46.5 Å². The Morgan fingerprint density at radius 3 is 2.50 bits per heavy atom. The molecule has 0 aromatic heterocycles. The van der Waals surface area contributed by atoms with Crippen LogP contribution in [-0.2, 0) is 9.53 Å². The molecule has 0 fully saturated rings. The number of alkyl halides is 1. The van der Waals surface area contributed by atoms with Crippen LogP contribution in [0.25, 0.3) is 0 Å². The number of ether oxygens (including phenoxy) is 1. The smallest absolute Gasteiger partial charge is 1.00 e. The van der Waals surface area contributed by atoms with E-state index in [-0.39, 0.29) is 36.4 Å². The molecule has 1 N–H and O–H groups in total. The van der Waals surface area contributed by atoms with Crippen LogP contribution in [0, 0.1) is 0 Å². The second-order valence-corrected chi connectivity index (χ2v) is 4.33. The van der Waals surface area contributed by atoms with Gasteiger partial charge in [0, 0.05) is 12.0 Å². The minimum atomic E-state index is -1.09. The molecule has 1 unspecified atom stereocenters. The molecule has 0 aliphatic rings. The number of halogens is 1. The molecule has 0 aromatic carbocycles. The molecular weight excluding hydrogens is 215 g/mol. The Morgan fingerprint density at radius 2 is 2.14 bits per heavy atom. The van der Waals surface area contributed by atoms with Crippen LogP contribution < -0.4 is 29.6 Å². The quantitative estimate of drug-likeness (QED) is 0.378. The van der Waals surface area contributed by atoms with E-state index in [9.17, 15) is 4.79 Å². The maximum Gasteiger partial charge on any atom is 1.00 e. The Hall–Kier alpha value is 0.720. The normalized spacial score (nSPS) is 13.1. The van der Waals surface area contributed by atoms with Gasteiger partial charge in [-0.2, -0.15) is 0 Å². The first-order chi connectivity index (χ1) is 5.86. The molecule has 80 valence electrons. The van der Waals surface area contributed by atoms with Gasteiger partial charge in [-0.05, 0) is 33.6 Å². The van der Waals surface area contributed by atoms with Crippen LogP contribution in [0.5, 0.6) is 0 Å². The van der Waals surface area contributed by atoms with Gasteiger partial charge in [-0.3, -0.25) is 0 Å². The molecule has 0 heterocycles. The van der Waals surface area contributed by atoms with E-state index in [0.29, 0.717) is 6.61 Å². The number of hydrogen-bond acceptors (Lipinski definition) is 2. The van der Waals surface area contributed by atoms with Gasteiger partial charge in [0.25, 0.3) is 0 Å². The first-order valence-corrected chi connectivity index (χ1v) is 4.81. The molecule has 0 rings (SSSR count). The van der Waals surface area contributed by atoms with Crippen molar-refractivity contribution >= 4 is 17.6 Å². The summed E-state index contributed by atoms with van der Waals surface area (Å²) in [5.74, 6) is -0.938. The van der Waals surface area contributed by atoms with Crippen LogP contribution in [0.1, 0.15) is 35.0 Å². The minimum absolute atomic E-state index is 0. The van der Waals surface area contributed by atoms with Gasteiger partial charge in [0.05, 0.1) is 0 Å². The van der Waals surface area contributed by atoms with Crippen LogP contribution >= 0.6 is 11.6 Å². The van der Waals surface area contributed by atoms with Crippen molar-refractivity contribution < 1.29 is 45.6 Å². The number of carboxylic acid groups (broad SMARTS) is 1. The molecule has 0 aromatic rings. The van der Waals surface area contributed by atoms with Crippen molar-refractivity contribution in [2.75, 3.05) is 6.61 Å². The Balaban J connectivity index is -0.000000720. The summed E-state index contributed by atoms with van der Waals surface area (Å²) < 4.78 is 5.18. The Kier molecular flexibility index (Phi) is 9.71. The van der Waals surface area contributed by atoms with Crippen LogP contribution in [0.2, 0.25) is 0 Å².